The number of hydrogen-bond acceptors (Lipinski definition) is 3. The number of halogens is 1. The molecule has 0 aliphatic carbocycles. The Balaban J connectivity index is 2.15. The second-order valence-electron chi connectivity index (χ2n) is 5.05. The molecule has 3 aromatic carbocycles. The first kappa shape index (κ1) is 16.5. The summed E-state index contributed by atoms with van der Waals surface area (Å²) in [5.41, 5.74) is -0.0549. The highest BCUT2D eigenvalue weighted by Gasteiger charge is 2.22. The zero-order valence-corrected chi connectivity index (χ0v) is 14.6. The number of benzene rings is 3. The number of anilines is 1. The van der Waals surface area contributed by atoms with Crippen LogP contribution in [0.5, 0.6) is 0 Å². The van der Waals surface area contributed by atoms with Crippen LogP contribution in [0, 0.1) is 0 Å². The van der Waals surface area contributed by atoms with Crippen LogP contribution in [0.15, 0.2) is 70.0 Å². The molecule has 3 rings (SSSR count). The van der Waals surface area contributed by atoms with Gasteiger partial charge in [0.05, 0.1) is 11.3 Å². The Morgan fingerprint density at radius 1 is 0.958 bits per heavy atom. The molecule has 24 heavy (non-hydrogen) atoms. The SMILES string of the molecule is O=C(O)c1c(NS(=O)(=O)c2ccccc2Br)ccc2ccccc12. The minimum atomic E-state index is -3.93. The summed E-state index contributed by atoms with van der Waals surface area (Å²) < 4.78 is 28.0. The van der Waals surface area contributed by atoms with Gasteiger partial charge in [0, 0.05) is 4.47 Å². The van der Waals surface area contributed by atoms with Crippen LogP contribution in [0.2, 0.25) is 0 Å². The van der Waals surface area contributed by atoms with Gasteiger partial charge in [-0.2, -0.15) is 0 Å². The van der Waals surface area contributed by atoms with Crippen LogP contribution in [0.25, 0.3) is 10.8 Å². The van der Waals surface area contributed by atoms with Gasteiger partial charge < -0.3 is 5.11 Å². The van der Waals surface area contributed by atoms with E-state index < -0.39 is 16.0 Å². The first-order valence-electron chi connectivity index (χ1n) is 6.92. The largest absolute Gasteiger partial charge is 0.478 e. The minimum absolute atomic E-state index is 0.0250. The molecule has 0 fully saturated rings. The van der Waals surface area contributed by atoms with Crippen LogP contribution in [0.3, 0.4) is 0 Å². The average molecular weight is 406 g/mol. The predicted molar refractivity (Wildman–Crippen MR) is 95.9 cm³/mol. The Hall–Kier alpha value is -2.38. The van der Waals surface area contributed by atoms with Gasteiger partial charge in [-0.05, 0) is 44.9 Å². The van der Waals surface area contributed by atoms with Crippen LogP contribution >= 0.6 is 15.9 Å². The molecule has 0 spiro atoms. The van der Waals surface area contributed by atoms with Crippen molar-refractivity contribution in [3.63, 3.8) is 0 Å². The van der Waals surface area contributed by atoms with E-state index in [4.69, 9.17) is 0 Å². The Morgan fingerprint density at radius 2 is 1.62 bits per heavy atom. The molecule has 0 aromatic heterocycles. The third-order valence-electron chi connectivity index (χ3n) is 3.51. The van der Waals surface area contributed by atoms with E-state index in [1.807, 2.05) is 0 Å². The number of carboxylic acid groups (broad SMARTS) is 1. The first-order valence-corrected chi connectivity index (χ1v) is 9.20. The van der Waals surface area contributed by atoms with Crippen LogP contribution in [0.1, 0.15) is 10.4 Å². The summed E-state index contributed by atoms with van der Waals surface area (Å²) in [7, 11) is -3.93. The van der Waals surface area contributed by atoms with E-state index in [9.17, 15) is 18.3 Å². The molecule has 0 aliphatic heterocycles. The summed E-state index contributed by atoms with van der Waals surface area (Å²) in [6.45, 7) is 0. The van der Waals surface area contributed by atoms with E-state index in [0.29, 0.717) is 9.86 Å². The van der Waals surface area contributed by atoms with Gasteiger partial charge in [0.15, 0.2) is 0 Å². The van der Waals surface area contributed by atoms with E-state index in [0.717, 1.165) is 5.39 Å². The van der Waals surface area contributed by atoms with Gasteiger partial charge in [0.25, 0.3) is 10.0 Å². The van der Waals surface area contributed by atoms with Crippen LogP contribution in [0.4, 0.5) is 5.69 Å². The number of nitrogens with one attached hydrogen (secondary N) is 1. The molecule has 0 saturated heterocycles. The highest BCUT2D eigenvalue weighted by molar-refractivity contribution is 9.10. The van der Waals surface area contributed by atoms with Gasteiger partial charge in [0.1, 0.15) is 4.90 Å². The number of aromatic carboxylic acids is 1. The number of carboxylic acids is 1. The molecule has 0 aliphatic rings. The zero-order chi connectivity index (χ0) is 17.3. The summed E-state index contributed by atoms with van der Waals surface area (Å²) in [4.78, 5) is 11.7. The lowest BCUT2D eigenvalue weighted by Crippen LogP contribution is -2.16. The number of hydrogen-bond donors (Lipinski definition) is 2. The smallest absolute Gasteiger partial charge is 0.338 e. The Morgan fingerprint density at radius 3 is 2.33 bits per heavy atom. The van der Waals surface area contributed by atoms with Crippen molar-refractivity contribution in [2.45, 2.75) is 4.90 Å². The van der Waals surface area contributed by atoms with Crippen molar-refractivity contribution in [1.29, 1.82) is 0 Å². The topological polar surface area (TPSA) is 83.5 Å². The standard InChI is InChI=1S/C17H12BrNO4S/c18-13-7-3-4-8-15(13)24(22,23)19-14-10-9-11-5-1-2-6-12(11)16(14)17(20)21/h1-10,19H,(H,20,21). The molecule has 0 heterocycles. The van der Waals surface area contributed by atoms with Crippen LogP contribution in [-0.4, -0.2) is 19.5 Å². The third-order valence-corrected chi connectivity index (χ3v) is 5.89. The highest BCUT2D eigenvalue weighted by Crippen LogP contribution is 2.29. The van der Waals surface area contributed by atoms with Crippen molar-refractivity contribution in [3.8, 4) is 0 Å². The lowest BCUT2D eigenvalue weighted by molar-refractivity contribution is 0.0700. The van der Waals surface area contributed by atoms with Gasteiger partial charge in [-0.3, -0.25) is 4.72 Å². The fourth-order valence-electron chi connectivity index (χ4n) is 2.45. The highest BCUT2D eigenvalue weighted by atomic mass is 79.9. The van der Waals surface area contributed by atoms with E-state index in [1.165, 1.54) is 12.1 Å². The maximum absolute atomic E-state index is 12.6. The molecule has 3 aromatic rings. The molecule has 0 bridgehead atoms. The molecule has 2 N–H and O–H groups in total. The van der Waals surface area contributed by atoms with Gasteiger partial charge in [0.2, 0.25) is 0 Å². The third kappa shape index (κ3) is 3.00. The summed E-state index contributed by atoms with van der Waals surface area (Å²) >= 11 is 3.20. The second-order valence-corrected chi connectivity index (χ2v) is 7.56. The van der Waals surface area contributed by atoms with Crippen LogP contribution in [-0.2, 0) is 10.0 Å². The molecule has 0 radical (unpaired) electrons. The number of carbonyl (C=O) groups is 1. The second kappa shape index (κ2) is 6.26. The maximum atomic E-state index is 12.6. The Labute approximate surface area is 147 Å². The summed E-state index contributed by atoms with van der Waals surface area (Å²) in [5, 5.41) is 10.7. The maximum Gasteiger partial charge on any atom is 0.338 e. The first-order chi connectivity index (χ1) is 11.4. The molecule has 5 nitrogen and oxygen atoms in total. The van der Waals surface area contributed by atoms with Crippen molar-refractivity contribution in [2.75, 3.05) is 4.72 Å². The zero-order valence-electron chi connectivity index (χ0n) is 12.2. The summed E-state index contributed by atoms with van der Waals surface area (Å²) in [6, 6.07) is 16.4. The lowest BCUT2D eigenvalue weighted by atomic mass is 10.0. The molecular weight excluding hydrogens is 394 g/mol. The lowest BCUT2D eigenvalue weighted by Gasteiger charge is -2.13. The number of sulfonamides is 1. The van der Waals surface area contributed by atoms with E-state index in [1.54, 1.807) is 48.5 Å². The van der Waals surface area contributed by atoms with E-state index in [2.05, 4.69) is 20.7 Å². The molecule has 0 atom stereocenters. The fraction of sp³-hybridized carbons (Fsp3) is 0. The quantitative estimate of drug-likeness (QED) is 0.684. The molecule has 0 saturated carbocycles. The average Bonchev–Trinajstić information content (AvgIpc) is 2.54. The van der Waals surface area contributed by atoms with Gasteiger partial charge in [-0.25, -0.2) is 13.2 Å². The van der Waals surface area contributed by atoms with Crippen molar-refractivity contribution in [3.05, 3.63) is 70.7 Å². The van der Waals surface area contributed by atoms with Crippen molar-refractivity contribution in [1.82, 2.24) is 0 Å². The minimum Gasteiger partial charge on any atom is -0.478 e. The van der Waals surface area contributed by atoms with Crippen LogP contribution < -0.4 is 4.72 Å². The van der Waals surface area contributed by atoms with Gasteiger partial charge in [-0.1, -0.05) is 42.5 Å². The van der Waals surface area contributed by atoms with Gasteiger partial charge in [-0.15, -0.1) is 0 Å². The Bertz CT molecular complexity index is 1050. The molecule has 122 valence electrons. The molecular formula is C17H12BrNO4S. The van der Waals surface area contributed by atoms with Crippen molar-refractivity contribution >= 4 is 48.4 Å². The normalized spacial score (nSPS) is 11.4. The summed E-state index contributed by atoms with van der Waals surface area (Å²) in [5.74, 6) is -1.20. The van der Waals surface area contributed by atoms with Gasteiger partial charge >= 0.3 is 5.97 Å². The number of fused-ring (bicyclic) bond motifs is 1. The van der Waals surface area contributed by atoms with Crippen molar-refractivity contribution in [2.24, 2.45) is 0 Å². The predicted octanol–water partition coefficient (Wildman–Crippen LogP) is 4.10. The van der Waals surface area contributed by atoms with E-state index in [-0.39, 0.29) is 16.1 Å². The summed E-state index contributed by atoms with van der Waals surface area (Å²) in [6.07, 6.45) is 0. The van der Waals surface area contributed by atoms with E-state index >= 15 is 0 Å². The molecule has 7 heteroatoms. The van der Waals surface area contributed by atoms with Crippen molar-refractivity contribution < 1.29 is 18.3 Å². The fourth-order valence-corrected chi connectivity index (χ4v) is 4.53. The molecule has 0 unspecified atom stereocenters. The Kier molecular flexibility index (Phi) is 4.29. The number of rotatable bonds is 4. The monoisotopic (exact) mass is 405 g/mol. The molecule has 0 amide bonds.